The van der Waals surface area contributed by atoms with Crippen molar-refractivity contribution in [2.24, 2.45) is 5.92 Å². The molecular weight excluding hydrogens is 150 g/mol. The summed E-state index contributed by atoms with van der Waals surface area (Å²) in [5, 5.41) is 9.93. The van der Waals surface area contributed by atoms with Gasteiger partial charge in [-0.05, 0) is 25.7 Å². The molecule has 0 aromatic carbocycles. The van der Waals surface area contributed by atoms with Crippen LogP contribution in [0.2, 0.25) is 0 Å². The van der Waals surface area contributed by atoms with Gasteiger partial charge >= 0.3 is 0 Å². The first-order chi connectivity index (χ1) is 5.74. The van der Waals surface area contributed by atoms with Gasteiger partial charge in [-0.2, -0.15) is 0 Å². The Morgan fingerprint density at radius 1 is 1.50 bits per heavy atom. The minimum Gasteiger partial charge on any atom is -0.387 e. The van der Waals surface area contributed by atoms with Crippen molar-refractivity contribution in [3.8, 4) is 11.8 Å². The SMILES string of the molecule is CC#CCN1CC(O)(C2CC2)C1. The van der Waals surface area contributed by atoms with Crippen molar-refractivity contribution in [1.82, 2.24) is 4.90 Å². The first-order valence-corrected chi connectivity index (χ1v) is 4.59. The summed E-state index contributed by atoms with van der Waals surface area (Å²) >= 11 is 0. The van der Waals surface area contributed by atoms with Crippen LogP contribution in [0.4, 0.5) is 0 Å². The zero-order valence-corrected chi connectivity index (χ0v) is 7.51. The number of hydrogen-bond acceptors (Lipinski definition) is 2. The van der Waals surface area contributed by atoms with E-state index in [1.54, 1.807) is 0 Å². The number of aliphatic hydroxyl groups is 1. The van der Waals surface area contributed by atoms with Crippen LogP contribution in [-0.2, 0) is 0 Å². The van der Waals surface area contributed by atoms with Crippen molar-refractivity contribution in [2.45, 2.75) is 25.4 Å². The molecule has 1 saturated carbocycles. The lowest BCUT2D eigenvalue weighted by atomic mass is 9.89. The third-order valence-corrected chi connectivity index (χ3v) is 2.81. The summed E-state index contributed by atoms with van der Waals surface area (Å²) in [5.74, 6) is 6.48. The molecule has 1 aliphatic carbocycles. The van der Waals surface area contributed by atoms with E-state index in [0.29, 0.717) is 5.92 Å². The van der Waals surface area contributed by atoms with Gasteiger partial charge in [-0.25, -0.2) is 0 Å². The molecule has 0 aromatic rings. The van der Waals surface area contributed by atoms with E-state index in [1.165, 1.54) is 12.8 Å². The van der Waals surface area contributed by atoms with E-state index in [-0.39, 0.29) is 5.60 Å². The van der Waals surface area contributed by atoms with Gasteiger partial charge in [0.2, 0.25) is 0 Å². The molecule has 0 bridgehead atoms. The Kier molecular flexibility index (Phi) is 1.86. The molecule has 1 saturated heterocycles. The highest BCUT2D eigenvalue weighted by molar-refractivity contribution is 5.09. The summed E-state index contributed by atoms with van der Waals surface area (Å²) in [4.78, 5) is 2.20. The van der Waals surface area contributed by atoms with Gasteiger partial charge in [0.25, 0.3) is 0 Å². The van der Waals surface area contributed by atoms with E-state index in [2.05, 4.69) is 16.7 Å². The van der Waals surface area contributed by atoms with Gasteiger partial charge < -0.3 is 5.11 Å². The van der Waals surface area contributed by atoms with Gasteiger partial charge in [-0.3, -0.25) is 4.90 Å². The molecule has 66 valence electrons. The van der Waals surface area contributed by atoms with Crippen molar-refractivity contribution in [1.29, 1.82) is 0 Å². The quantitative estimate of drug-likeness (QED) is 0.601. The van der Waals surface area contributed by atoms with Gasteiger partial charge in [0, 0.05) is 13.1 Å². The highest BCUT2D eigenvalue weighted by Crippen LogP contribution is 2.44. The second kappa shape index (κ2) is 2.76. The molecule has 2 heteroatoms. The van der Waals surface area contributed by atoms with E-state index < -0.39 is 0 Å². The molecule has 1 aliphatic heterocycles. The molecule has 1 heterocycles. The molecule has 0 radical (unpaired) electrons. The molecule has 0 amide bonds. The Labute approximate surface area is 73.6 Å². The van der Waals surface area contributed by atoms with Gasteiger partial charge in [0.1, 0.15) is 0 Å². The molecule has 0 atom stereocenters. The molecule has 2 fully saturated rings. The molecule has 1 N–H and O–H groups in total. The normalized spacial score (nSPS) is 27.2. The average Bonchev–Trinajstić information content (AvgIpc) is 2.77. The van der Waals surface area contributed by atoms with E-state index in [1.807, 2.05) is 6.92 Å². The summed E-state index contributed by atoms with van der Waals surface area (Å²) in [6.45, 7) is 4.36. The summed E-state index contributed by atoms with van der Waals surface area (Å²) in [6.07, 6.45) is 2.45. The van der Waals surface area contributed by atoms with Crippen LogP contribution < -0.4 is 0 Å². The smallest absolute Gasteiger partial charge is 0.0928 e. The largest absolute Gasteiger partial charge is 0.387 e. The Balaban J connectivity index is 1.77. The predicted octanol–water partition coefficient (Wildman–Crippen LogP) is 0.466. The fraction of sp³-hybridized carbons (Fsp3) is 0.800. The number of hydrogen-bond donors (Lipinski definition) is 1. The monoisotopic (exact) mass is 165 g/mol. The number of likely N-dealkylation sites (tertiary alicyclic amines) is 1. The maximum atomic E-state index is 9.93. The van der Waals surface area contributed by atoms with E-state index >= 15 is 0 Å². The van der Waals surface area contributed by atoms with Gasteiger partial charge in [-0.15, -0.1) is 5.92 Å². The first-order valence-electron chi connectivity index (χ1n) is 4.59. The van der Waals surface area contributed by atoms with Crippen molar-refractivity contribution in [2.75, 3.05) is 19.6 Å². The topological polar surface area (TPSA) is 23.5 Å². The van der Waals surface area contributed by atoms with Gasteiger partial charge in [0.15, 0.2) is 0 Å². The van der Waals surface area contributed by atoms with Crippen molar-refractivity contribution >= 4 is 0 Å². The maximum Gasteiger partial charge on any atom is 0.0928 e. The molecule has 0 unspecified atom stereocenters. The lowest BCUT2D eigenvalue weighted by molar-refractivity contribution is -0.107. The second-order valence-electron chi connectivity index (χ2n) is 3.95. The zero-order chi connectivity index (χ0) is 8.60. The predicted molar refractivity (Wildman–Crippen MR) is 47.6 cm³/mol. The molecule has 12 heavy (non-hydrogen) atoms. The zero-order valence-electron chi connectivity index (χ0n) is 7.51. The molecule has 2 nitrogen and oxygen atoms in total. The van der Waals surface area contributed by atoms with Crippen LogP contribution >= 0.6 is 0 Å². The molecule has 0 spiro atoms. The molecule has 2 aliphatic rings. The van der Waals surface area contributed by atoms with Crippen LogP contribution in [0.3, 0.4) is 0 Å². The van der Waals surface area contributed by atoms with Gasteiger partial charge in [-0.1, -0.05) is 5.92 Å². The van der Waals surface area contributed by atoms with Crippen LogP contribution in [-0.4, -0.2) is 35.2 Å². The van der Waals surface area contributed by atoms with E-state index in [0.717, 1.165) is 19.6 Å². The Hall–Kier alpha value is -0.520. The van der Waals surface area contributed by atoms with Crippen molar-refractivity contribution in [3.05, 3.63) is 0 Å². The van der Waals surface area contributed by atoms with Crippen LogP contribution in [0, 0.1) is 17.8 Å². The number of nitrogens with zero attached hydrogens (tertiary/aromatic N) is 1. The molecule has 0 aromatic heterocycles. The highest BCUT2D eigenvalue weighted by atomic mass is 16.3. The minimum absolute atomic E-state index is 0.338. The Bertz CT molecular complexity index is 228. The Morgan fingerprint density at radius 2 is 2.17 bits per heavy atom. The molecular formula is C10H15NO. The Morgan fingerprint density at radius 3 is 2.67 bits per heavy atom. The third-order valence-electron chi connectivity index (χ3n) is 2.81. The maximum absolute atomic E-state index is 9.93. The van der Waals surface area contributed by atoms with Crippen LogP contribution in [0.25, 0.3) is 0 Å². The van der Waals surface area contributed by atoms with E-state index in [4.69, 9.17) is 0 Å². The summed E-state index contributed by atoms with van der Waals surface area (Å²) in [7, 11) is 0. The fourth-order valence-electron chi connectivity index (χ4n) is 1.91. The number of rotatable bonds is 2. The van der Waals surface area contributed by atoms with Crippen molar-refractivity contribution in [3.63, 3.8) is 0 Å². The lowest BCUT2D eigenvalue weighted by Gasteiger charge is -2.46. The van der Waals surface area contributed by atoms with E-state index in [9.17, 15) is 5.11 Å². The third kappa shape index (κ3) is 1.35. The van der Waals surface area contributed by atoms with Crippen LogP contribution in [0.5, 0.6) is 0 Å². The fourth-order valence-corrected chi connectivity index (χ4v) is 1.91. The standard InChI is InChI=1S/C10H15NO/c1-2-3-6-11-7-10(12,8-11)9-4-5-9/h9,12H,4-8H2,1H3. The number of β-amino-alcohol motifs (C(OH)–C–C–N with tert-alkyl or cyclic N) is 1. The first kappa shape index (κ1) is 8.10. The second-order valence-corrected chi connectivity index (χ2v) is 3.95. The average molecular weight is 165 g/mol. The highest BCUT2D eigenvalue weighted by Gasteiger charge is 2.51. The van der Waals surface area contributed by atoms with Gasteiger partial charge in [0.05, 0.1) is 12.1 Å². The lowest BCUT2D eigenvalue weighted by Crippen LogP contribution is -2.62. The van der Waals surface area contributed by atoms with Crippen LogP contribution in [0.1, 0.15) is 19.8 Å². The summed E-state index contributed by atoms with van der Waals surface area (Å²) < 4.78 is 0. The molecule has 2 rings (SSSR count). The van der Waals surface area contributed by atoms with Crippen LogP contribution in [0.15, 0.2) is 0 Å². The summed E-state index contributed by atoms with van der Waals surface area (Å²) in [5.41, 5.74) is -0.338. The minimum atomic E-state index is -0.338. The van der Waals surface area contributed by atoms with Crippen molar-refractivity contribution < 1.29 is 5.11 Å². The summed E-state index contributed by atoms with van der Waals surface area (Å²) in [6, 6.07) is 0.